The number of hydrogen-bond donors (Lipinski definition) is 2. The number of aromatic amines is 1. The number of aromatic carboxylic acids is 1. The molecule has 0 aliphatic rings. The molecule has 0 fully saturated rings. The maximum Gasteiger partial charge on any atom is 0.354 e. The number of rotatable bonds is 4. The predicted molar refractivity (Wildman–Crippen MR) is 115 cm³/mol. The van der Waals surface area contributed by atoms with Gasteiger partial charge in [0.2, 0.25) is 0 Å². The van der Waals surface area contributed by atoms with Crippen molar-refractivity contribution in [2.24, 2.45) is 0 Å². The normalized spacial score (nSPS) is 11.2. The van der Waals surface area contributed by atoms with E-state index in [1.807, 2.05) is 60.7 Å². The summed E-state index contributed by atoms with van der Waals surface area (Å²) < 4.78 is 0. The molecule has 0 saturated heterocycles. The Morgan fingerprint density at radius 1 is 0.862 bits per heavy atom. The van der Waals surface area contributed by atoms with Crippen LogP contribution in [-0.2, 0) is 6.42 Å². The molecule has 140 valence electrons. The van der Waals surface area contributed by atoms with E-state index in [4.69, 9.17) is 0 Å². The first-order valence-corrected chi connectivity index (χ1v) is 9.47. The predicted octanol–water partition coefficient (Wildman–Crippen LogP) is 5.67. The number of nitrogens with one attached hydrogen (secondary N) is 1. The fourth-order valence-electron chi connectivity index (χ4n) is 3.87. The number of carboxylic acids is 1. The number of carboxylic acid groups (broad SMARTS) is 1. The molecular formula is C25H18N2O2. The van der Waals surface area contributed by atoms with Gasteiger partial charge in [-0.05, 0) is 29.7 Å². The van der Waals surface area contributed by atoms with Crippen LogP contribution in [-0.4, -0.2) is 21.0 Å². The van der Waals surface area contributed by atoms with Crippen molar-refractivity contribution in [3.05, 3.63) is 102 Å². The van der Waals surface area contributed by atoms with Gasteiger partial charge in [0.25, 0.3) is 0 Å². The van der Waals surface area contributed by atoms with Gasteiger partial charge in [-0.25, -0.2) is 9.78 Å². The zero-order chi connectivity index (χ0) is 19.8. The van der Waals surface area contributed by atoms with E-state index in [9.17, 15) is 9.90 Å². The van der Waals surface area contributed by atoms with Gasteiger partial charge in [-0.15, -0.1) is 0 Å². The number of pyridine rings is 1. The summed E-state index contributed by atoms with van der Waals surface area (Å²) in [4.78, 5) is 19.8. The monoisotopic (exact) mass is 378 g/mol. The molecule has 0 aliphatic carbocycles. The summed E-state index contributed by atoms with van der Waals surface area (Å²) in [7, 11) is 0. The zero-order valence-corrected chi connectivity index (χ0v) is 15.6. The smallest absolute Gasteiger partial charge is 0.354 e. The summed E-state index contributed by atoms with van der Waals surface area (Å²) in [5, 5.41) is 11.5. The number of hydrogen-bond acceptors (Lipinski definition) is 2. The van der Waals surface area contributed by atoms with Crippen LogP contribution in [0.3, 0.4) is 0 Å². The SMILES string of the molecule is O=C(O)c1cc2c([nH]c3ccccc32)c(-c2ccccc2Cc2ccccc2)n1. The molecule has 0 bridgehead atoms. The Morgan fingerprint density at radius 3 is 2.41 bits per heavy atom. The van der Waals surface area contributed by atoms with Gasteiger partial charge >= 0.3 is 5.97 Å². The summed E-state index contributed by atoms with van der Waals surface area (Å²) in [6, 6.07) is 27.9. The van der Waals surface area contributed by atoms with E-state index in [2.05, 4.69) is 28.2 Å². The van der Waals surface area contributed by atoms with E-state index in [-0.39, 0.29) is 5.69 Å². The van der Waals surface area contributed by atoms with Crippen molar-refractivity contribution >= 4 is 27.8 Å². The molecule has 0 saturated carbocycles. The third-order valence-corrected chi connectivity index (χ3v) is 5.23. The standard InChI is InChI=1S/C25H18N2O2/c28-25(29)22-15-20-19-12-6-7-13-21(19)26-24(20)23(27-22)18-11-5-4-10-17(18)14-16-8-2-1-3-9-16/h1-13,15,26H,14H2,(H,28,29). The van der Waals surface area contributed by atoms with Gasteiger partial charge < -0.3 is 10.1 Å². The molecule has 0 aliphatic heterocycles. The van der Waals surface area contributed by atoms with Crippen molar-refractivity contribution in [3.63, 3.8) is 0 Å². The molecule has 0 atom stereocenters. The van der Waals surface area contributed by atoms with Crippen LogP contribution >= 0.6 is 0 Å². The largest absolute Gasteiger partial charge is 0.477 e. The van der Waals surface area contributed by atoms with Crippen LogP contribution in [0.15, 0.2) is 84.9 Å². The molecule has 4 nitrogen and oxygen atoms in total. The van der Waals surface area contributed by atoms with E-state index in [0.717, 1.165) is 39.4 Å². The number of nitrogens with zero attached hydrogens (tertiary/aromatic N) is 1. The third-order valence-electron chi connectivity index (χ3n) is 5.23. The quantitative estimate of drug-likeness (QED) is 0.423. The minimum Gasteiger partial charge on any atom is -0.477 e. The summed E-state index contributed by atoms with van der Waals surface area (Å²) in [6.07, 6.45) is 0.748. The van der Waals surface area contributed by atoms with Crippen LogP contribution in [0, 0.1) is 0 Å². The summed E-state index contributed by atoms with van der Waals surface area (Å²) in [5.74, 6) is -1.03. The number of carbonyl (C=O) groups is 1. The average molecular weight is 378 g/mol. The van der Waals surface area contributed by atoms with Gasteiger partial charge in [-0.1, -0.05) is 72.8 Å². The van der Waals surface area contributed by atoms with Crippen LogP contribution in [0.2, 0.25) is 0 Å². The molecule has 0 amide bonds. The van der Waals surface area contributed by atoms with Gasteiger partial charge in [0.1, 0.15) is 5.69 Å². The van der Waals surface area contributed by atoms with Crippen LogP contribution in [0.4, 0.5) is 0 Å². The number of fused-ring (bicyclic) bond motifs is 3. The first-order chi connectivity index (χ1) is 14.2. The number of H-pyrrole nitrogens is 1. The van der Waals surface area contributed by atoms with Crippen LogP contribution in [0.5, 0.6) is 0 Å². The summed E-state index contributed by atoms with van der Waals surface area (Å²) >= 11 is 0. The van der Waals surface area contributed by atoms with Gasteiger partial charge in [0, 0.05) is 21.9 Å². The van der Waals surface area contributed by atoms with Crippen molar-refractivity contribution in [3.8, 4) is 11.3 Å². The lowest BCUT2D eigenvalue weighted by Gasteiger charge is -2.11. The Balaban J connectivity index is 1.78. The van der Waals surface area contributed by atoms with Crippen molar-refractivity contribution in [2.45, 2.75) is 6.42 Å². The van der Waals surface area contributed by atoms with Crippen LogP contribution < -0.4 is 0 Å². The van der Waals surface area contributed by atoms with Gasteiger partial charge in [0.05, 0.1) is 11.2 Å². The zero-order valence-electron chi connectivity index (χ0n) is 15.6. The lowest BCUT2D eigenvalue weighted by Crippen LogP contribution is -2.03. The lowest BCUT2D eigenvalue weighted by molar-refractivity contribution is 0.0691. The maximum absolute atomic E-state index is 11.8. The summed E-state index contributed by atoms with van der Waals surface area (Å²) in [6.45, 7) is 0. The van der Waals surface area contributed by atoms with Crippen LogP contribution in [0.25, 0.3) is 33.1 Å². The number of para-hydroxylation sites is 1. The Labute approximate surface area is 167 Å². The summed E-state index contributed by atoms with van der Waals surface area (Å²) in [5.41, 5.74) is 5.78. The Bertz CT molecular complexity index is 1350. The number of benzene rings is 3. The number of aromatic nitrogens is 2. The van der Waals surface area contributed by atoms with E-state index in [1.165, 1.54) is 5.56 Å². The fourth-order valence-corrected chi connectivity index (χ4v) is 3.87. The molecule has 5 aromatic rings. The minimum absolute atomic E-state index is 0.0479. The molecule has 2 heterocycles. The van der Waals surface area contributed by atoms with E-state index >= 15 is 0 Å². The highest BCUT2D eigenvalue weighted by molar-refractivity contribution is 6.12. The van der Waals surface area contributed by atoms with Crippen molar-refractivity contribution in [1.82, 2.24) is 9.97 Å². The van der Waals surface area contributed by atoms with Crippen molar-refractivity contribution in [1.29, 1.82) is 0 Å². The molecule has 0 radical (unpaired) electrons. The van der Waals surface area contributed by atoms with Gasteiger partial charge in [-0.2, -0.15) is 0 Å². The molecule has 2 aromatic heterocycles. The highest BCUT2D eigenvalue weighted by Gasteiger charge is 2.18. The van der Waals surface area contributed by atoms with Crippen molar-refractivity contribution in [2.75, 3.05) is 0 Å². The molecular weight excluding hydrogens is 360 g/mol. The second-order valence-corrected chi connectivity index (χ2v) is 7.07. The maximum atomic E-state index is 11.8. The fraction of sp³-hybridized carbons (Fsp3) is 0.0400. The molecule has 29 heavy (non-hydrogen) atoms. The van der Waals surface area contributed by atoms with E-state index in [0.29, 0.717) is 5.69 Å². The Morgan fingerprint density at radius 2 is 1.59 bits per heavy atom. The molecule has 2 N–H and O–H groups in total. The van der Waals surface area contributed by atoms with Crippen molar-refractivity contribution < 1.29 is 9.90 Å². The highest BCUT2D eigenvalue weighted by Crippen LogP contribution is 2.34. The molecule has 0 spiro atoms. The Hall–Kier alpha value is -3.92. The van der Waals surface area contributed by atoms with E-state index in [1.54, 1.807) is 6.07 Å². The molecule has 5 rings (SSSR count). The molecule has 4 heteroatoms. The van der Waals surface area contributed by atoms with E-state index < -0.39 is 5.97 Å². The molecule has 0 unspecified atom stereocenters. The van der Waals surface area contributed by atoms with Gasteiger partial charge in [-0.3, -0.25) is 0 Å². The minimum atomic E-state index is -1.03. The lowest BCUT2D eigenvalue weighted by atomic mass is 9.96. The second kappa shape index (κ2) is 6.91. The third kappa shape index (κ3) is 3.05. The first kappa shape index (κ1) is 17.2. The van der Waals surface area contributed by atoms with Gasteiger partial charge in [0.15, 0.2) is 0 Å². The molecule has 3 aromatic carbocycles. The first-order valence-electron chi connectivity index (χ1n) is 9.47. The van der Waals surface area contributed by atoms with Crippen LogP contribution in [0.1, 0.15) is 21.6 Å². The highest BCUT2D eigenvalue weighted by atomic mass is 16.4. The topological polar surface area (TPSA) is 66.0 Å². The Kier molecular flexibility index (Phi) is 4.10. The average Bonchev–Trinajstić information content (AvgIpc) is 3.13. The second-order valence-electron chi connectivity index (χ2n) is 7.07.